The third kappa shape index (κ3) is 6.07. The molecule has 1 rings (SSSR count). The van der Waals surface area contributed by atoms with Crippen LogP contribution >= 0.6 is 23.2 Å². The molecule has 0 saturated heterocycles. The first kappa shape index (κ1) is 16.0. The Morgan fingerprint density at radius 3 is 2.58 bits per heavy atom. The van der Waals surface area contributed by atoms with E-state index in [1.165, 1.54) is 6.08 Å². The number of carboxylic acids is 1. The molecule has 0 saturated carbocycles. The molecule has 6 heteroatoms. The van der Waals surface area contributed by atoms with Crippen LogP contribution in [0.15, 0.2) is 24.3 Å². The van der Waals surface area contributed by atoms with Gasteiger partial charge in [0.15, 0.2) is 0 Å². The average Bonchev–Trinajstić information content (AvgIpc) is 2.26. The van der Waals surface area contributed by atoms with Crippen LogP contribution in [0, 0.1) is 0 Å². The first-order valence-corrected chi connectivity index (χ1v) is 6.35. The number of halogens is 2. The van der Waals surface area contributed by atoms with Gasteiger partial charge in [0.2, 0.25) is 0 Å². The van der Waals surface area contributed by atoms with E-state index in [2.05, 4.69) is 0 Å². The highest BCUT2D eigenvalue weighted by Crippen LogP contribution is 2.22. The summed E-state index contributed by atoms with van der Waals surface area (Å²) < 4.78 is 0. The first-order valence-electron chi connectivity index (χ1n) is 5.59. The Morgan fingerprint density at radius 2 is 2.00 bits per heavy atom. The topological polar surface area (TPSA) is 77.8 Å². The summed E-state index contributed by atoms with van der Waals surface area (Å²) in [5.74, 6) is -1.11. The summed E-state index contributed by atoms with van der Waals surface area (Å²) in [6.45, 7) is 0. The maximum absolute atomic E-state index is 10.4. The lowest BCUT2D eigenvalue weighted by Gasteiger charge is -2.10. The Bertz CT molecular complexity index is 474. The standard InChI is InChI=1S/C13H14Cl2O4/c14-9-3-1-8(12(15)5-9)2-4-10(16)6-11(17)7-13(18)19/h1-5,10-11,16-17H,6-7H2,(H,18,19)/t10-,11-/m1/s1. The summed E-state index contributed by atoms with van der Waals surface area (Å²) in [5.41, 5.74) is 0.679. The van der Waals surface area contributed by atoms with Gasteiger partial charge in [-0.1, -0.05) is 41.4 Å². The molecule has 0 aromatic heterocycles. The SMILES string of the molecule is O=C(O)C[C@H](O)C[C@H](O)C=Cc1ccc(Cl)cc1Cl. The third-order valence-electron chi connectivity index (χ3n) is 2.38. The van der Waals surface area contributed by atoms with Gasteiger partial charge in [-0.2, -0.15) is 0 Å². The van der Waals surface area contributed by atoms with Crippen molar-refractivity contribution in [2.45, 2.75) is 25.0 Å². The van der Waals surface area contributed by atoms with Gasteiger partial charge >= 0.3 is 5.97 Å². The van der Waals surface area contributed by atoms with Gasteiger partial charge in [0.25, 0.3) is 0 Å². The highest BCUT2D eigenvalue weighted by atomic mass is 35.5. The minimum atomic E-state index is -1.11. The second kappa shape index (κ2) is 7.50. The smallest absolute Gasteiger partial charge is 0.305 e. The maximum Gasteiger partial charge on any atom is 0.305 e. The molecule has 0 fully saturated rings. The lowest BCUT2D eigenvalue weighted by atomic mass is 10.1. The Labute approximate surface area is 120 Å². The molecule has 3 N–H and O–H groups in total. The number of carbonyl (C=O) groups is 1. The second-order valence-electron chi connectivity index (χ2n) is 4.08. The molecule has 0 aliphatic rings. The molecule has 19 heavy (non-hydrogen) atoms. The molecule has 1 aromatic rings. The molecule has 0 aliphatic carbocycles. The normalized spacial score (nSPS) is 14.5. The summed E-state index contributed by atoms with van der Waals surface area (Å²) >= 11 is 11.7. The van der Waals surface area contributed by atoms with Crippen LogP contribution in [-0.4, -0.2) is 33.5 Å². The summed E-state index contributed by atoms with van der Waals surface area (Å²) in [7, 11) is 0. The van der Waals surface area contributed by atoms with Crippen molar-refractivity contribution in [1.29, 1.82) is 0 Å². The van der Waals surface area contributed by atoms with Gasteiger partial charge in [0.05, 0.1) is 18.6 Å². The van der Waals surface area contributed by atoms with E-state index in [0.717, 1.165) is 0 Å². The molecule has 0 bridgehead atoms. The summed E-state index contributed by atoms with van der Waals surface area (Å²) in [6.07, 6.45) is 0.566. The van der Waals surface area contributed by atoms with Crippen LogP contribution in [0.2, 0.25) is 10.0 Å². The van der Waals surface area contributed by atoms with E-state index in [1.54, 1.807) is 24.3 Å². The number of carboxylic acid groups (broad SMARTS) is 1. The molecule has 0 unspecified atom stereocenters. The minimum absolute atomic E-state index is 0.0476. The molecule has 0 spiro atoms. The molecule has 4 nitrogen and oxygen atoms in total. The summed E-state index contributed by atoms with van der Waals surface area (Å²) in [5, 5.41) is 28.4. The summed E-state index contributed by atoms with van der Waals surface area (Å²) in [6, 6.07) is 4.94. The molecule has 1 aromatic carbocycles. The van der Waals surface area contributed by atoms with E-state index in [1.807, 2.05) is 0 Å². The van der Waals surface area contributed by atoms with Crippen molar-refractivity contribution in [2.24, 2.45) is 0 Å². The first-order chi connectivity index (χ1) is 8.88. The number of aliphatic hydroxyl groups is 2. The number of rotatable bonds is 6. The number of aliphatic hydroxyl groups excluding tert-OH is 2. The Morgan fingerprint density at radius 1 is 1.32 bits per heavy atom. The van der Waals surface area contributed by atoms with Crippen LogP contribution in [0.5, 0.6) is 0 Å². The van der Waals surface area contributed by atoms with E-state index in [4.69, 9.17) is 28.3 Å². The van der Waals surface area contributed by atoms with Crippen LogP contribution in [-0.2, 0) is 4.79 Å². The zero-order valence-electron chi connectivity index (χ0n) is 9.96. The number of aliphatic carboxylic acids is 1. The lowest BCUT2D eigenvalue weighted by molar-refractivity contribution is -0.139. The van der Waals surface area contributed by atoms with Crippen molar-refractivity contribution in [2.75, 3.05) is 0 Å². The van der Waals surface area contributed by atoms with Gasteiger partial charge in [0.1, 0.15) is 0 Å². The predicted molar refractivity (Wildman–Crippen MR) is 74.4 cm³/mol. The predicted octanol–water partition coefficient (Wildman–Crippen LogP) is 2.59. The van der Waals surface area contributed by atoms with Crippen molar-refractivity contribution >= 4 is 35.2 Å². The number of hydrogen-bond donors (Lipinski definition) is 3. The molecule has 104 valence electrons. The van der Waals surface area contributed by atoms with E-state index in [-0.39, 0.29) is 6.42 Å². The highest BCUT2D eigenvalue weighted by molar-refractivity contribution is 6.35. The van der Waals surface area contributed by atoms with Gasteiger partial charge in [-0.05, 0) is 17.7 Å². The Kier molecular flexibility index (Phi) is 6.31. The molecule has 0 radical (unpaired) electrons. The van der Waals surface area contributed by atoms with E-state index < -0.39 is 24.6 Å². The van der Waals surface area contributed by atoms with E-state index in [0.29, 0.717) is 15.6 Å². The van der Waals surface area contributed by atoms with Crippen molar-refractivity contribution in [3.63, 3.8) is 0 Å². The molecule has 0 heterocycles. The van der Waals surface area contributed by atoms with Crippen molar-refractivity contribution in [3.8, 4) is 0 Å². The fourth-order valence-electron chi connectivity index (χ4n) is 1.49. The summed E-state index contributed by atoms with van der Waals surface area (Å²) in [4.78, 5) is 10.4. The maximum atomic E-state index is 10.4. The van der Waals surface area contributed by atoms with Crippen LogP contribution in [0.4, 0.5) is 0 Å². The van der Waals surface area contributed by atoms with Gasteiger partial charge < -0.3 is 15.3 Å². The zero-order chi connectivity index (χ0) is 14.4. The fraction of sp³-hybridized carbons (Fsp3) is 0.308. The van der Waals surface area contributed by atoms with Gasteiger partial charge in [-0.3, -0.25) is 4.79 Å². The quantitative estimate of drug-likeness (QED) is 0.755. The highest BCUT2D eigenvalue weighted by Gasteiger charge is 2.13. The second-order valence-corrected chi connectivity index (χ2v) is 4.92. The number of hydrogen-bond acceptors (Lipinski definition) is 3. The van der Waals surface area contributed by atoms with E-state index >= 15 is 0 Å². The zero-order valence-corrected chi connectivity index (χ0v) is 11.5. The lowest BCUT2D eigenvalue weighted by Crippen LogP contribution is -2.19. The van der Waals surface area contributed by atoms with Crippen molar-refractivity contribution < 1.29 is 20.1 Å². The van der Waals surface area contributed by atoms with Crippen molar-refractivity contribution in [1.82, 2.24) is 0 Å². The average molecular weight is 305 g/mol. The van der Waals surface area contributed by atoms with Crippen LogP contribution in [0.1, 0.15) is 18.4 Å². The van der Waals surface area contributed by atoms with Gasteiger partial charge in [-0.25, -0.2) is 0 Å². The van der Waals surface area contributed by atoms with E-state index in [9.17, 15) is 15.0 Å². The Balaban J connectivity index is 2.58. The van der Waals surface area contributed by atoms with Crippen molar-refractivity contribution in [3.05, 3.63) is 39.9 Å². The van der Waals surface area contributed by atoms with Gasteiger partial charge in [0, 0.05) is 16.5 Å². The monoisotopic (exact) mass is 304 g/mol. The third-order valence-corrected chi connectivity index (χ3v) is 2.95. The number of benzene rings is 1. The minimum Gasteiger partial charge on any atom is -0.481 e. The van der Waals surface area contributed by atoms with Crippen LogP contribution in [0.3, 0.4) is 0 Å². The van der Waals surface area contributed by atoms with Crippen LogP contribution < -0.4 is 0 Å². The molecule has 0 aliphatic heterocycles. The molecular formula is C13H14Cl2O4. The fourth-order valence-corrected chi connectivity index (χ4v) is 1.97. The van der Waals surface area contributed by atoms with Crippen LogP contribution in [0.25, 0.3) is 6.08 Å². The molecular weight excluding hydrogens is 291 g/mol. The largest absolute Gasteiger partial charge is 0.481 e. The van der Waals surface area contributed by atoms with Gasteiger partial charge in [-0.15, -0.1) is 0 Å². The molecule has 2 atom stereocenters. The Hall–Kier alpha value is -1.07. The molecule has 0 amide bonds.